The molecular weight excluding hydrogens is 266 g/mol. The van der Waals surface area contributed by atoms with Crippen molar-refractivity contribution in [2.75, 3.05) is 11.9 Å². The van der Waals surface area contributed by atoms with Crippen LogP contribution in [0.2, 0.25) is 0 Å². The zero-order chi connectivity index (χ0) is 14.8. The number of hydrogen-bond donors (Lipinski definition) is 2. The summed E-state index contributed by atoms with van der Waals surface area (Å²) in [5, 5.41) is 25.7. The zero-order valence-electron chi connectivity index (χ0n) is 12.0. The standard InChI is InChI=1S/C15H17N5O/c1-10-4-3-5-12(8-10)13(21)9-16-14-6-7-15-18-17-11(2)20(15)19-14/h3-8,13,21H,9H2,1-2H3,(H,16,19). The first-order chi connectivity index (χ1) is 10.1. The summed E-state index contributed by atoms with van der Waals surface area (Å²) in [4.78, 5) is 0. The monoisotopic (exact) mass is 283 g/mol. The molecule has 21 heavy (non-hydrogen) atoms. The van der Waals surface area contributed by atoms with E-state index in [0.717, 1.165) is 17.0 Å². The van der Waals surface area contributed by atoms with Gasteiger partial charge in [0.05, 0.1) is 6.10 Å². The normalized spacial score (nSPS) is 12.5. The van der Waals surface area contributed by atoms with Crippen LogP contribution < -0.4 is 5.32 Å². The Hall–Kier alpha value is -2.47. The van der Waals surface area contributed by atoms with E-state index < -0.39 is 6.10 Å². The van der Waals surface area contributed by atoms with Crippen LogP contribution in [0.1, 0.15) is 23.1 Å². The van der Waals surface area contributed by atoms with Gasteiger partial charge in [-0.25, -0.2) is 0 Å². The summed E-state index contributed by atoms with van der Waals surface area (Å²) in [6.45, 7) is 4.25. The third-order valence-electron chi connectivity index (χ3n) is 3.32. The molecule has 3 rings (SSSR count). The molecule has 2 N–H and O–H groups in total. The van der Waals surface area contributed by atoms with E-state index in [-0.39, 0.29) is 0 Å². The zero-order valence-corrected chi connectivity index (χ0v) is 12.0. The Morgan fingerprint density at radius 2 is 2.05 bits per heavy atom. The number of aryl methyl sites for hydroxylation is 2. The first-order valence-electron chi connectivity index (χ1n) is 6.81. The lowest BCUT2D eigenvalue weighted by molar-refractivity contribution is 0.191. The van der Waals surface area contributed by atoms with Gasteiger partial charge in [0.25, 0.3) is 0 Å². The van der Waals surface area contributed by atoms with Crippen molar-refractivity contribution in [2.45, 2.75) is 20.0 Å². The minimum Gasteiger partial charge on any atom is -0.387 e. The van der Waals surface area contributed by atoms with E-state index in [0.29, 0.717) is 18.0 Å². The van der Waals surface area contributed by atoms with Crippen molar-refractivity contribution in [3.63, 3.8) is 0 Å². The number of aliphatic hydroxyl groups is 1. The minimum absolute atomic E-state index is 0.392. The molecule has 0 bridgehead atoms. The molecule has 2 heterocycles. The van der Waals surface area contributed by atoms with Gasteiger partial charge in [-0.2, -0.15) is 4.52 Å². The molecule has 0 aliphatic rings. The highest BCUT2D eigenvalue weighted by molar-refractivity contribution is 5.44. The van der Waals surface area contributed by atoms with Gasteiger partial charge in [0.2, 0.25) is 0 Å². The first kappa shape index (κ1) is 13.5. The highest BCUT2D eigenvalue weighted by atomic mass is 16.3. The van der Waals surface area contributed by atoms with Crippen LogP contribution in [0.25, 0.3) is 5.65 Å². The summed E-state index contributed by atoms with van der Waals surface area (Å²) in [6, 6.07) is 11.5. The molecule has 3 aromatic rings. The smallest absolute Gasteiger partial charge is 0.178 e. The number of aliphatic hydroxyl groups excluding tert-OH is 1. The molecule has 1 aromatic carbocycles. The SMILES string of the molecule is Cc1cccc(C(O)CNc2ccc3nnc(C)n3n2)c1. The fourth-order valence-corrected chi connectivity index (χ4v) is 2.19. The van der Waals surface area contributed by atoms with Gasteiger partial charge < -0.3 is 10.4 Å². The van der Waals surface area contributed by atoms with Crippen LogP contribution in [0.3, 0.4) is 0 Å². The van der Waals surface area contributed by atoms with Gasteiger partial charge in [0.1, 0.15) is 5.82 Å². The maximum absolute atomic E-state index is 10.2. The van der Waals surface area contributed by atoms with Gasteiger partial charge in [-0.15, -0.1) is 15.3 Å². The average molecular weight is 283 g/mol. The fraction of sp³-hybridized carbons (Fsp3) is 0.267. The molecule has 6 heteroatoms. The van der Waals surface area contributed by atoms with E-state index in [1.807, 2.05) is 50.2 Å². The van der Waals surface area contributed by atoms with Gasteiger partial charge in [0.15, 0.2) is 11.5 Å². The lowest BCUT2D eigenvalue weighted by atomic mass is 10.1. The number of hydrogen-bond acceptors (Lipinski definition) is 5. The number of anilines is 1. The molecule has 0 amide bonds. The molecule has 2 aromatic heterocycles. The lowest BCUT2D eigenvalue weighted by Gasteiger charge is -2.13. The summed E-state index contributed by atoms with van der Waals surface area (Å²) < 4.78 is 1.67. The quantitative estimate of drug-likeness (QED) is 0.764. The van der Waals surface area contributed by atoms with Crippen LogP contribution in [0.5, 0.6) is 0 Å². The second-order valence-electron chi connectivity index (χ2n) is 5.05. The third-order valence-corrected chi connectivity index (χ3v) is 3.32. The molecule has 108 valence electrons. The maximum atomic E-state index is 10.2. The molecule has 0 aliphatic heterocycles. The lowest BCUT2D eigenvalue weighted by Crippen LogP contribution is -2.14. The van der Waals surface area contributed by atoms with Crippen LogP contribution >= 0.6 is 0 Å². The summed E-state index contributed by atoms with van der Waals surface area (Å²) in [7, 11) is 0. The Balaban J connectivity index is 1.72. The number of nitrogens with one attached hydrogen (secondary N) is 1. The van der Waals surface area contributed by atoms with Gasteiger partial charge in [0, 0.05) is 6.54 Å². The molecule has 0 radical (unpaired) electrons. The van der Waals surface area contributed by atoms with Crippen molar-refractivity contribution < 1.29 is 5.11 Å². The van der Waals surface area contributed by atoms with E-state index >= 15 is 0 Å². The van der Waals surface area contributed by atoms with Crippen LogP contribution in [-0.2, 0) is 0 Å². The molecule has 0 aliphatic carbocycles. The maximum Gasteiger partial charge on any atom is 0.178 e. The van der Waals surface area contributed by atoms with Crippen LogP contribution in [-0.4, -0.2) is 31.5 Å². The summed E-state index contributed by atoms with van der Waals surface area (Å²) >= 11 is 0. The number of aromatic nitrogens is 4. The Morgan fingerprint density at radius 1 is 1.19 bits per heavy atom. The molecule has 0 saturated heterocycles. The van der Waals surface area contributed by atoms with Crippen LogP contribution in [0.4, 0.5) is 5.82 Å². The predicted octanol–water partition coefficient (Wildman–Crippen LogP) is 1.89. The molecular formula is C15H17N5O. The second kappa shape index (κ2) is 5.49. The van der Waals surface area contributed by atoms with Crippen LogP contribution in [0, 0.1) is 13.8 Å². The number of benzene rings is 1. The largest absolute Gasteiger partial charge is 0.387 e. The van der Waals surface area contributed by atoms with Crippen molar-refractivity contribution in [2.24, 2.45) is 0 Å². The fourth-order valence-electron chi connectivity index (χ4n) is 2.19. The van der Waals surface area contributed by atoms with Gasteiger partial charge in [-0.1, -0.05) is 29.8 Å². The highest BCUT2D eigenvalue weighted by Crippen LogP contribution is 2.15. The molecule has 0 fully saturated rings. The predicted molar refractivity (Wildman–Crippen MR) is 80.1 cm³/mol. The summed E-state index contributed by atoms with van der Waals surface area (Å²) in [6.07, 6.45) is -0.579. The number of rotatable bonds is 4. The molecule has 0 spiro atoms. The third kappa shape index (κ3) is 2.85. The Bertz CT molecular complexity index is 768. The topological polar surface area (TPSA) is 75.3 Å². The van der Waals surface area contributed by atoms with E-state index in [1.165, 1.54) is 0 Å². The summed E-state index contributed by atoms with van der Waals surface area (Å²) in [5.74, 6) is 1.41. The van der Waals surface area contributed by atoms with Crippen molar-refractivity contribution in [3.8, 4) is 0 Å². The first-order valence-corrected chi connectivity index (χ1v) is 6.81. The van der Waals surface area contributed by atoms with E-state index in [2.05, 4.69) is 20.6 Å². The molecule has 1 atom stereocenters. The molecule has 0 saturated carbocycles. The van der Waals surface area contributed by atoms with Crippen molar-refractivity contribution in [3.05, 3.63) is 53.3 Å². The van der Waals surface area contributed by atoms with Gasteiger partial charge in [-0.3, -0.25) is 0 Å². The molecule has 6 nitrogen and oxygen atoms in total. The van der Waals surface area contributed by atoms with E-state index in [4.69, 9.17) is 0 Å². The Kier molecular flexibility index (Phi) is 3.53. The van der Waals surface area contributed by atoms with Crippen molar-refractivity contribution in [1.82, 2.24) is 19.8 Å². The summed E-state index contributed by atoms with van der Waals surface area (Å²) in [5.41, 5.74) is 2.73. The van der Waals surface area contributed by atoms with E-state index in [1.54, 1.807) is 4.52 Å². The highest BCUT2D eigenvalue weighted by Gasteiger charge is 2.09. The number of fused-ring (bicyclic) bond motifs is 1. The van der Waals surface area contributed by atoms with Crippen molar-refractivity contribution in [1.29, 1.82) is 0 Å². The van der Waals surface area contributed by atoms with Gasteiger partial charge >= 0.3 is 0 Å². The second-order valence-corrected chi connectivity index (χ2v) is 5.05. The Morgan fingerprint density at radius 3 is 2.86 bits per heavy atom. The minimum atomic E-state index is -0.579. The van der Waals surface area contributed by atoms with E-state index in [9.17, 15) is 5.11 Å². The number of nitrogens with zero attached hydrogens (tertiary/aromatic N) is 4. The molecule has 1 unspecified atom stereocenters. The van der Waals surface area contributed by atoms with Crippen LogP contribution in [0.15, 0.2) is 36.4 Å². The van der Waals surface area contributed by atoms with Gasteiger partial charge in [-0.05, 0) is 31.5 Å². The van der Waals surface area contributed by atoms with Crippen molar-refractivity contribution >= 4 is 11.5 Å². The Labute approximate surface area is 122 Å². The average Bonchev–Trinajstić information content (AvgIpc) is 2.86.